The molecule has 0 aliphatic carbocycles. The summed E-state index contributed by atoms with van der Waals surface area (Å²) in [6.45, 7) is 2.52. The van der Waals surface area contributed by atoms with E-state index < -0.39 is 0 Å². The van der Waals surface area contributed by atoms with Gasteiger partial charge in [-0.3, -0.25) is 0 Å². The van der Waals surface area contributed by atoms with E-state index in [4.69, 9.17) is 16.3 Å². The van der Waals surface area contributed by atoms with Crippen LogP contribution in [0.2, 0.25) is 5.02 Å². The molecular formula is C18H17ClN4O2S. The molecule has 0 saturated carbocycles. The number of rotatable bonds is 6. The number of aromatic nitrogens is 2. The van der Waals surface area contributed by atoms with Gasteiger partial charge in [-0.2, -0.15) is 0 Å². The SMILES string of the molecule is Cc1ccc(Cl)cc1NC(=O)NCCOc1ccc(-c2cccs2)nn1. The first kappa shape index (κ1) is 18.2. The first-order valence-corrected chi connectivity index (χ1v) is 9.19. The average molecular weight is 389 g/mol. The number of benzene rings is 1. The molecule has 0 fully saturated rings. The van der Waals surface area contributed by atoms with Gasteiger partial charge >= 0.3 is 6.03 Å². The fraction of sp³-hybridized carbons (Fsp3) is 0.167. The maximum absolute atomic E-state index is 11.9. The van der Waals surface area contributed by atoms with Crippen molar-refractivity contribution in [1.29, 1.82) is 0 Å². The van der Waals surface area contributed by atoms with E-state index in [9.17, 15) is 4.79 Å². The second kappa shape index (κ2) is 8.64. The second-order valence-corrected chi connectivity index (χ2v) is 6.81. The van der Waals surface area contributed by atoms with Crippen LogP contribution in [0.1, 0.15) is 5.56 Å². The van der Waals surface area contributed by atoms with E-state index in [0.717, 1.165) is 16.1 Å². The Labute approximate surface area is 160 Å². The van der Waals surface area contributed by atoms with Crippen molar-refractivity contribution in [1.82, 2.24) is 15.5 Å². The Bertz CT molecular complexity index is 869. The minimum Gasteiger partial charge on any atom is -0.475 e. The molecule has 0 aliphatic rings. The predicted octanol–water partition coefficient (Wildman–Crippen LogP) is 4.37. The molecule has 0 radical (unpaired) electrons. The van der Waals surface area contributed by atoms with Crippen LogP contribution in [0.25, 0.3) is 10.6 Å². The molecule has 0 bridgehead atoms. The summed E-state index contributed by atoms with van der Waals surface area (Å²) in [5.74, 6) is 0.415. The highest BCUT2D eigenvalue weighted by molar-refractivity contribution is 7.13. The van der Waals surface area contributed by atoms with Gasteiger partial charge in [-0.25, -0.2) is 4.79 Å². The molecule has 1 aromatic carbocycles. The number of hydrogen-bond donors (Lipinski definition) is 2. The molecular weight excluding hydrogens is 372 g/mol. The van der Waals surface area contributed by atoms with Crippen molar-refractivity contribution in [3.8, 4) is 16.5 Å². The van der Waals surface area contributed by atoms with E-state index in [2.05, 4.69) is 20.8 Å². The molecule has 2 N–H and O–H groups in total. The molecule has 2 amide bonds. The Morgan fingerprint density at radius 1 is 1.23 bits per heavy atom. The van der Waals surface area contributed by atoms with Gasteiger partial charge in [-0.1, -0.05) is 23.7 Å². The summed E-state index contributed by atoms with van der Waals surface area (Å²) in [7, 11) is 0. The van der Waals surface area contributed by atoms with Gasteiger partial charge in [0.15, 0.2) is 0 Å². The zero-order chi connectivity index (χ0) is 18.4. The molecule has 0 atom stereocenters. The first-order valence-electron chi connectivity index (χ1n) is 7.93. The molecule has 0 spiro atoms. The van der Waals surface area contributed by atoms with E-state index in [1.54, 1.807) is 29.5 Å². The van der Waals surface area contributed by atoms with Crippen LogP contribution < -0.4 is 15.4 Å². The van der Waals surface area contributed by atoms with Crippen molar-refractivity contribution >= 4 is 34.7 Å². The number of thiophene rings is 1. The lowest BCUT2D eigenvalue weighted by atomic mass is 10.2. The third-order valence-electron chi connectivity index (χ3n) is 3.50. The Morgan fingerprint density at radius 3 is 2.85 bits per heavy atom. The summed E-state index contributed by atoms with van der Waals surface area (Å²) in [6, 6.07) is 12.6. The van der Waals surface area contributed by atoms with Crippen LogP contribution in [0.4, 0.5) is 10.5 Å². The van der Waals surface area contributed by atoms with E-state index in [1.807, 2.05) is 36.6 Å². The number of ether oxygens (including phenoxy) is 1. The minimum atomic E-state index is -0.321. The number of aryl methyl sites for hydroxylation is 1. The number of carbonyl (C=O) groups excluding carboxylic acids is 1. The molecule has 26 heavy (non-hydrogen) atoms. The van der Waals surface area contributed by atoms with Gasteiger partial charge in [0.2, 0.25) is 5.88 Å². The van der Waals surface area contributed by atoms with Crippen molar-refractivity contribution in [2.45, 2.75) is 6.92 Å². The number of urea groups is 1. The van der Waals surface area contributed by atoms with Crippen LogP contribution in [0.5, 0.6) is 5.88 Å². The summed E-state index contributed by atoms with van der Waals surface area (Å²) in [5, 5.41) is 16.2. The largest absolute Gasteiger partial charge is 0.475 e. The lowest BCUT2D eigenvalue weighted by molar-refractivity contribution is 0.246. The third kappa shape index (κ3) is 4.93. The van der Waals surface area contributed by atoms with Gasteiger partial charge in [0.25, 0.3) is 0 Å². The highest BCUT2D eigenvalue weighted by Crippen LogP contribution is 2.22. The van der Waals surface area contributed by atoms with E-state index in [1.165, 1.54) is 0 Å². The standard InChI is InChI=1S/C18H17ClN4O2S/c1-12-4-5-13(19)11-15(12)21-18(24)20-8-9-25-17-7-6-14(22-23-17)16-3-2-10-26-16/h2-7,10-11H,8-9H2,1H3,(H2,20,21,24). The van der Waals surface area contributed by atoms with Crippen molar-refractivity contribution < 1.29 is 9.53 Å². The lowest BCUT2D eigenvalue weighted by Crippen LogP contribution is -2.32. The molecule has 2 heterocycles. The molecule has 134 valence electrons. The van der Waals surface area contributed by atoms with Crippen molar-refractivity contribution in [2.24, 2.45) is 0 Å². The first-order chi connectivity index (χ1) is 12.6. The molecule has 3 rings (SSSR count). The summed E-state index contributed by atoms with van der Waals surface area (Å²) in [5.41, 5.74) is 2.41. The molecule has 2 aromatic heterocycles. The Morgan fingerprint density at radius 2 is 2.12 bits per heavy atom. The van der Waals surface area contributed by atoms with Crippen molar-refractivity contribution in [2.75, 3.05) is 18.5 Å². The third-order valence-corrected chi connectivity index (χ3v) is 4.63. The van der Waals surface area contributed by atoms with Gasteiger partial charge in [-0.05, 0) is 42.1 Å². The Kier molecular flexibility index (Phi) is 6.04. The zero-order valence-corrected chi connectivity index (χ0v) is 15.6. The summed E-state index contributed by atoms with van der Waals surface area (Å²) >= 11 is 7.54. The number of anilines is 1. The van der Waals surface area contributed by atoms with E-state index in [0.29, 0.717) is 23.1 Å². The minimum absolute atomic E-state index is 0.287. The summed E-state index contributed by atoms with van der Waals surface area (Å²) in [4.78, 5) is 13.0. The van der Waals surface area contributed by atoms with Crippen molar-refractivity contribution in [3.05, 3.63) is 58.4 Å². The topological polar surface area (TPSA) is 76.1 Å². The number of nitrogens with one attached hydrogen (secondary N) is 2. The quantitative estimate of drug-likeness (QED) is 0.615. The average Bonchev–Trinajstić information content (AvgIpc) is 3.17. The fourth-order valence-corrected chi connectivity index (χ4v) is 3.03. The van der Waals surface area contributed by atoms with Gasteiger partial charge in [-0.15, -0.1) is 21.5 Å². The van der Waals surface area contributed by atoms with Gasteiger partial charge in [0.05, 0.1) is 11.4 Å². The number of halogens is 1. The normalized spacial score (nSPS) is 10.4. The smallest absolute Gasteiger partial charge is 0.319 e. The van der Waals surface area contributed by atoms with E-state index in [-0.39, 0.29) is 12.6 Å². The maximum Gasteiger partial charge on any atom is 0.319 e. The Hall–Kier alpha value is -2.64. The van der Waals surface area contributed by atoms with Gasteiger partial charge in [0, 0.05) is 16.8 Å². The van der Waals surface area contributed by atoms with Crippen LogP contribution in [0.15, 0.2) is 47.8 Å². The monoisotopic (exact) mass is 388 g/mol. The molecule has 6 nitrogen and oxygen atoms in total. The Balaban J connectivity index is 1.42. The summed E-state index contributed by atoms with van der Waals surface area (Å²) < 4.78 is 5.49. The highest BCUT2D eigenvalue weighted by atomic mass is 35.5. The molecule has 0 saturated heterocycles. The van der Waals surface area contributed by atoms with Crippen LogP contribution >= 0.6 is 22.9 Å². The highest BCUT2D eigenvalue weighted by Gasteiger charge is 2.06. The fourth-order valence-electron chi connectivity index (χ4n) is 2.17. The number of carbonyl (C=O) groups is 1. The molecule has 8 heteroatoms. The molecule has 0 unspecified atom stereocenters. The number of amides is 2. The van der Waals surface area contributed by atoms with Crippen molar-refractivity contribution in [3.63, 3.8) is 0 Å². The van der Waals surface area contributed by atoms with Gasteiger partial charge < -0.3 is 15.4 Å². The second-order valence-electron chi connectivity index (χ2n) is 5.42. The number of nitrogens with zero attached hydrogens (tertiary/aromatic N) is 2. The van der Waals surface area contributed by atoms with Crippen LogP contribution in [0.3, 0.4) is 0 Å². The summed E-state index contributed by atoms with van der Waals surface area (Å²) in [6.07, 6.45) is 0. The van der Waals surface area contributed by atoms with Crippen LogP contribution in [-0.4, -0.2) is 29.4 Å². The van der Waals surface area contributed by atoms with Crippen LogP contribution in [-0.2, 0) is 0 Å². The van der Waals surface area contributed by atoms with E-state index >= 15 is 0 Å². The maximum atomic E-state index is 11.9. The van der Waals surface area contributed by atoms with Gasteiger partial charge in [0.1, 0.15) is 12.3 Å². The predicted molar refractivity (Wildman–Crippen MR) is 104 cm³/mol. The lowest BCUT2D eigenvalue weighted by Gasteiger charge is -2.10. The number of hydrogen-bond acceptors (Lipinski definition) is 5. The molecule has 0 aliphatic heterocycles. The molecule has 3 aromatic rings. The van der Waals surface area contributed by atoms with Crippen LogP contribution in [0, 0.1) is 6.92 Å². The zero-order valence-electron chi connectivity index (χ0n) is 14.0.